The van der Waals surface area contributed by atoms with Gasteiger partial charge in [-0.3, -0.25) is 4.98 Å². The largest absolute Gasteiger partial charge is 0.417 e. The lowest BCUT2D eigenvalue weighted by Gasteiger charge is -2.11. The molecule has 1 aliphatic rings. The van der Waals surface area contributed by atoms with Gasteiger partial charge in [0.25, 0.3) is 0 Å². The standard InChI is InChI=1S/C17H16N2O2/c18-16(13-9-12(13)10-4-2-1-3-5-10)11-6-7-14-15(8-11)21-17(20)19-14/h1-8,12-13,16H,9,18H2,(H,19,20). The van der Waals surface area contributed by atoms with Gasteiger partial charge in [-0.05, 0) is 41.5 Å². The molecule has 3 N–H and O–H groups in total. The number of benzene rings is 2. The van der Waals surface area contributed by atoms with Crippen molar-refractivity contribution < 1.29 is 4.42 Å². The summed E-state index contributed by atoms with van der Waals surface area (Å²) < 4.78 is 5.10. The van der Waals surface area contributed by atoms with E-state index in [4.69, 9.17) is 10.2 Å². The van der Waals surface area contributed by atoms with E-state index in [1.54, 1.807) is 0 Å². The van der Waals surface area contributed by atoms with Gasteiger partial charge in [0.1, 0.15) is 0 Å². The molecule has 4 rings (SSSR count). The van der Waals surface area contributed by atoms with E-state index < -0.39 is 5.76 Å². The summed E-state index contributed by atoms with van der Waals surface area (Å²) >= 11 is 0. The minimum Gasteiger partial charge on any atom is -0.408 e. The molecule has 106 valence electrons. The Labute approximate surface area is 121 Å². The molecule has 1 saturated carbocycles. The summed E-state index contributed by atoms with van der Waals surface area (Å²) in [5.41, 5.74) is 10.1. The van der Waals surface area contributed by atoms with Crippen molar-refractivity contribution >= 4 is 11.1 Å². The van der Waals surface area contributed by atoms with Crippen molar-refractivity contribution in [3.8, 4) is 0 Å². The highest BCUT2D eigenvalue weighted by molar-refractivity contribution is 5.73. The fraction of sp³-hybridized carbons (Fsp3) is 0.235. The Kier molecular flexibility index (Phi) is 2.72. The zero-order valence-electron chi connectivity index (χ0n) is 11.5. The van der Waals surface area contributed by atoms with Crippen molar-refractivity contribution in [2.24, 2.45) is 11.7 Å². The van der Waals surface area contributed by atoms with Crippen LogP contribution in [0.15, 0.2) is 57.7 Å². The third-order valence-corrected chi connectivity index (χ3v) is 4.36. The monoisotopic (exact) mass is 280 g/mol. The van der Waals surface area contributed by atoms with Crippen LogP contribution in [-0.2, 0) is 0 Å². The smallest absolute Gasteiger partial charge is 0.408 e. The lowest BCUT2D eigenvalue weighted by Crippen LogP contribution is -2.13. The molecule has 3 atom stereocenters. The lowest BCUT2D eigenvalue weighted by molar-refractivity contribution is 0.553. The van der Waals surface area contributed by atoms with Gasteiger partial charge >= 0.3 is 5.76 Å². The van der Waals surface area contributed by atoms with Crippen molar-refractivity contribution in [2.75, 3.05) is 0 Å². The number of fused-ring (bicyclic) bond motifs is 1. The normalized spacial score (nSPS) is 22.3. The number of hydrogen-bond donors (Lipinski definition) is 2. The van der Waals surface area contributed by atoms with Gasteiger partial charge in [0.05, 0.1) is 5.52 Å². The Morgan fingerprint density at radius 1 is 1.19 bits per heavy atom. The van der Waals surface area contributed by atoms with Gasteiger partial charge < -0.3 is 10.2 Å². The van der Waals surface area contributed by atoms with Crippen LogP contribution in [0.3, 0.4) is 0 Å². The minimum absolute atomic E-state index is 0.0280. The summed E-state index contributed by atoms with van der Waals surface area (Å²) in [5.74, 6) is 0.565. The van der Waals surface area contributed by atoms with E-state index in [2.05, 4.69) is 29.2 Å². The molecule has 2 aromatic carbocycles. The van der Waals surface area contributed by atoms with Crippen LogP contribution in [0.1, 0.15) is 29.5 Å². The molecule has 0 spiro atoms. The van der Waals surface area contributed by atoms with E-state index in [1.807, 2.05) is 24.3 Å². The minimum atomic E-state index is -0.427. The fourth-order valence-corrected chi connectivity index (χ4v) is 3.11. The Morgan fingerprint density at radius 3 is 2.81 bits per heavy atom. The molecular weight excluding hydrogens is 264 g/mol. The Bertz CT molecular complexity index is 835. The van der Waals surface area contributed by atoms with E-state index in [0.29, 0.717) is 22.9 Å². The predicted octanol–water partition coefficient (Wildman–Crippen LogP) is 2.92. The van der Waals surface area contributed by atoms with Crippen LogP contribution in [-0.4, -0.2) is 4.98 Å². The topological polar surface area (TPSA) is 72.0 Å². The van der Waals surface area contributed by atoms with E-state index in [9.17, 15) is 4.79 Å². The van der Waals surface area contributed by atoms with Crippen molar-refractivity contribution in [2.45, 2.75) is 18.4 Å². The Balaban J connectivity index is 1.59. The summed E-state index contributed by atoms with van der Waals surface area (Å²) in [6.07, 6.45) is 1.11. The van der Waals surface area contributed by atoms with E-state index in [0.717, 1.165) is 12.0 Å². The van der Waals surface area contributed by atoms with Crippen LogP contribution in [0, 0.1) is 5.92 Å². The molecule has 1 heterocycles. The molecule has 0 saturated heterocycles. The molecule has 4 nitrogen and oxygen atoms in total. The Hall–Kier alpha value is -2.33. The second kappa shape index (κ2) is 4.60. The number of aromatic nitrogens is 1. The van der Waals surface area contributed by atoms with E-state index >= 15 is 0 Å². The molecule has 3 aromatic rings. The zero-order chi connectivity index (χ0) is 14.4. The molecule has 1 aliphatic carbocycles. The fourth-order valence-electron chi connectivity index (χ4n) is 3.11. The number of hydrogen-bond acceptors (Lipinski definition) is 3. The molecule has 1 fully saturated rings. The molecule has 0 amide bonds. The van der Waals surface area contributed by atoms with E-state index in [-0.39, 0.29) is 6.04 Å². The zero-order valence-corrected chi connectivity index (χ0v) is 11.5. The second-order valence-corrected chi connectivity index (χ2v) is 5.71. The summed E-state index contributed by atoms with van der Waals surface area (Å²) in [5, 5.41) is 0. The first-order valence-electron chi connectivity index (χ1n) is 7.15. The first kappa shape index (κ1) is 12.4. The third-order valence-electron chi connectivity index (χ3n) is 4.36. The van der Waals surface area contributed by atoms with Gasteiger partial charge in [-0.25, -0.2) is 4.79 Å². The molecule has 1 aromatic heterocycles. The number of nitrogens with one attached hydrogen (secondary N) is 1. The molecule has 21 heavy (non-hydrogen) atoms. The average Bonchev–Trinajstić information content (AvgIpc) is 3.22. The summed E-state index contributed by atoms with van der Waals surface area (Å²) in [6.45, 7) is 0. The third kappa shape index (κ3) is 2.17. The van der Waals surface area contributed by atoms with Crippen LogP contribution in [0.2, 0.25) is 0 Å². The van der Waals surface area contributed by atoms with Crippen LogP contribution < -0.4 is 11.5 Å². The van der Waals surface area contributed by atoms with Gasteiger partial charge in [-0.15, -0.1) is 0 Å². The predicted molar refractivity (Wildman–Crippen MR) is 81.1 cm³/mol. The highest BCUT2D eigenvalue weighted by Gasteiger charge is 2.42. The Morgan fingerprint density at radius 2 is 2.00 bits per heavy atom. The van der Waals surface area contributed by atoms with Crippen molar-refractivity contribution in [1.29, 1.82) is 0 Å². The number of H-pyrrole nitrogens is 1. The molecule has 4 heteroatoms. The highest BCUT2D eigenvalue weighted by atomic mass is 16.4. The summed E-state index contributed by atoms with van der Waals surface area (Å²) in [7, 11) is 0. The van der Waals surface area contributed by atoms with E-state index in [1.165, 1.54) is 5.56 Å². The first-order chi connectivity index (χ1) is 10.2. The number of rotatable bonds is 3. The quantitative estimate of drug-likeness (QED) is 0.774. The van der Waals surface area contributed by atoms with Crippen molar-refractivity contribution in [1.82, 2.24) is 4.98 Å². The van der Waals surface area contributed by atoms with Gasteiger partial charge in [-0.1, -0.05) is 36.4 Å². The molecular formula is C17H16N2O2. The van der Waals surface area contributed by atoms with Crippen LogP contribution in [0.4, 0.5) is 0 Å². The van der Waals surface area contributed by atoms with Crippen molar-refractivity contribution in [3.63, 3.8) is 0 Å². The molecule has 0 aliphatic heterocycles. The average molecular weight is 280 g/mol. The van der Waals surface area contributed by atoms with Crippen LogP contribution in [0.5, 0.6) is 0 Å². The molecule has 0 bridgehead atoms. The summed E-state index contributed by atoms with van der Waals surface area (Å²) in [6, 6.07) is 16.2. The summed E-state index contributed by atoms with van der Waals surface area (Å²) in [4.78, 5) is 13.8. The maximum absolute atomic E-state index is 11.2. The lowest BCUT2D eigenvalue weighted by atomic mass is 9.99. The van der Waals surface area contributed by atoms with Gasteiger partial charge in [0, 0.05) is 6.04 Å². The molecule has 0 radical (unpaired) electrons. The van der Waals surface area contributed by atoms with Crippen LogP contribution in [0.25, 0.3) is 11.1 Å². The van der Waals surface area contributed by atoms with Gasteiger partial charge in [-0.2, -0.15) is 0 Å². The second-order valence-electron chi connectivity index (χ2n) is 5.71. The van der Waals surface area contributed by atoms with Gasteiger partial charge in [0.2, 0.25) is 0 Å². The van der Waals surface area contributed by atoms with Gasteiger partial charge in [0.15, 0.2) is 5.58 Å². The van der Waals surface area contributed by atoms with Crippen molar-refractivity contribution in [3.05, 3.63) is 70.2 Å². The maximum Gasteiger partial charge on any atom is 0.417 e. The number of nitrogens with two attached hydrogens (primary N) is 1. The number of oxazole rings is 1. The SMILES string of the molecule is NC(c1ccc2[nH]c(=O)oc2c1)C1CC1c1ccccc1. The maximum atomic E-state index is 11.2. The highest BCUT2D eigenvalue weighted by Crippen LogP contribution is 2.53. The van der Waals surface area contributed by atoms with Crippen LogP contribution >= 0.6 is 0 Å². The molecule has 3 unspecified atom stereocenters. The first-order valence-corrected chi connectivity index (χ1v) is 7.15. The number of aromatic amines is 1.